The summed E-state index contributed by atoms with van der Waals surface area (Å²) in [5.74, 6) is -1.41. The fourth-order valence-corrected chi connectivity index (χ4v) is 4.21. The SMILES string of the molecule is CC(N)(Cc1ccc(O)c(O)c1)C(=O)O.O=C(O)CCCCCCCCCCCCC1C=CCC1. The van der Waals surface area contributed by atoms with Crippen LogP contribution in [0.4, 0.5) is 0 Å². The summed E-state index contributed by atoms with van der Waals surface area (Å²) in [6, 6.07) is 4.11. The Morgan fingerprint density at radius 3 is 1.97 bits per heavy atom. The van der Waals surface area contributed by atoms with Gasteiger partial charge in [0.15, 0.2) is 11.5 Å². The molecule has 0 saturated carbocycles. The first-order chi connectivity index (χ1) is 16.6. The lowest BCUT2D eigenvalue weighted by molar-refractivity contribution is -0.142. The van der Waals surface area contributed by atoms with E-state index in [1.54, 1.807) is 0 Å². The van der Waals surface area contributed by atoms with Crippen molar-refractivity contribution < 1.29 is 30.0 Å². The van der Waals surface area contributed by atoms with Crippen molar-refractivity contribution in [3.63, 3.8) is 0 Å². The van der Waals surface area contributed by atoms with Gasteiger partial charge in [-0.05, 0) is 56.2 Å². The summed E-state index contributed by atoms with van der Waals surface area (Å²) in [4.78, 5) is 21.1. The number of allylic oxidation sites excluding steroid dienone is 2. The van der Waals surface area contributed by atoms with E-state index < -0.39 is 17.5 Å². The second-order valence-corrected chi connectivity index (χ2v) is 9.96. The summed E-state index contributed by atoms with van der Waals surface area (Å²) >= 11 is 0. The summed E-state index contributed by atoms with van der Waals surface area (Å²) in [6.45, 7) is 1.39. The maximum absolute atomic E-state index is 10.7. The van der Waals surface area contributed by atoms with Crippen molar-refractivity contribution >= 4 is 11.9 Å². The molecule has 35 heavy (non-hydrogen) atoms. The highest BCUT2D eigenvalue weighted by Crippen LogP contribution is 2.26. The molecule has 1 aromatic rings. The summed E-state index contributed by atoms with van der Waals surface area (Å²) in [5.41, 5.74) is 4.70. The number of hydrogen-bond donors (Lipinski definition) is 5. The van der Waals surface area contributed by atoms with Crippen LogP contribution >= 0.6 is 0 Å². The van der Waals surface area contributed by atoms with Crippen molar-refractivity contribution in [2.45, 2.75) is 109 Å². The van der Waals surface area contributed by atoms with E-state index in [2.05, 4.69) is 12.2 Å². The molecule has 1 aliphatic rings. The number of nitrogens with two attached hydrogens (primary N) is 1. The van der Waals surface area contributed by atoms with Crippen LogP contribution in [0.1, 0.15) is 102 Å². The number of unbranched alkanes of at least 4 members (excludes halogenated alkanes) is 9. The van der Waals surface area contributed by atoms with E-state index in [1.807, 2.05) is 0 Å². The summed E-state index contributed by atoms with van der Waals surface area (Å²) in [7, 11) is 0. The fraction of sp³-hybridized carbons (Fsp3) is 0.643. The number of hydrogen-bond acceptors (Lipinski definition) is 5. The lowest BCUT2D eigenvalue weighted by atomic mass is 9.94. The van der Waals surface area contributed by atoms with Gasteiger partial charge >= 0.3 is 11.9 Å². The van der Waals surface area contributed by atoms with Crippen molar-refractivity contribution in [3.8, 4) is 11.5 Å². The van der Waals surface area contributed by atoms with E-state index in [4.69, 9.17) is 21.1 Å². The monoisotopic (exact) mass is 491 g/mol. The molecule has 7 nitrogen and oxygen atoms in total. The van der Waals surface area contributed by atoms with Crippen LogP contribution in [0.5, 0.6) is 11.5 Å². The number of phenols is 2. The first kappa shape index (κ1) is 30.5. The summed E-state index contributed by atoms with van der Waals surface area (Å²) < 4.78 is 0. The molecule has 7 heteroatoms. The number of phenolic OH excluding ortho intramolecular Hbond substituents is 2. The normalized spacial score (nSPS) is 16.3. The van der Waals surface area contributed by atoms with Crippen LogP contribution in [0, 0.1) is 5.92 Å². The molecule has 2 atom stereocenters. The quantitative estimate of drug-likeness (QED) is 0.106. The molecule has 1 aromatic carbocycles. The Balaban J connectivity index is 0.000000365. The molecule has 0 radical (unpaired) electrons. The minimum Gasteiger partial charge on any atom is -0.504 e. The zero-order valence-electron chi connectivity index (χ0n) is 21.3. The molecule has 0 aromatic heterocycles. The van der Waals surface area contributed by atoms with Gasteiger partial charge in [0.1, 0.15) is 5.54 Å². The maximum atomic E-state index is 10.7. The van der Waals surface area contributed by atoms with Crippen molar-refractivity contribution in [1.82, 2.24) is 0 Å². The number of carboxylic acids is 2. The third-order valence-electron chi connectivity index (χ3n) is 6.43. The molecule has 0 amide bonds. The highest BCUT2D eigenvalue weighted by molar-refractivity contribution is 5.78. The molecule has 0 aliphatic heterocycles. The lowest BCUT2D eigenvalue weighted by Gasteiger charge is -2.19. The van der Waals surface area contributed by atoms with Crippen LogP contribution in [-0.4, -0.2) is 37.9 Å². The molecular formula is C28H45NO6. The Morgan fingerprint density at radius 2 is 1.49 bits per heavy atom. The van der Waals surface area contributed by atoms with Gasteiger partial charge in [0.25, 0.3) is 0 Å². The fourth-order valence-electron chi connectivity index (χ4n) is 4.21. The van der Waals surface area contributed by atoms with Crippen LogP contribution in [0.25, 0.3) is 0 Å². The molecule has 0 bridgehead atoms. The topological polar surface area (TPSA) is 141 Å². The summed E-state index contributed by atoms with van der Waals surface area (Å²) in [6.07, 6.45) is 22.0. The van der Waals surface area contributed by atoms with Crippen LogP contribution in [-0.2, 0) is 16.0 Å². The minimum absolute atomic E-state index is 0.0795. The molecule has 0 spiro atoms. The van der Waals surface area contributed by atoms with E-state index >= 15 is 0 Å². The van der Waals surface area contributed by atoms with Gasteiger partial charge in [0.05, 0.1) is 0 Å². The second kappa shape index (κ2) is 17.0. The first-order valence-corrected chi connectivity index (χ1v) is 13.0. The Labute approximate surface area is 210 Å². The van der Waals surface area contributed by atoms with Gasteiger partial charge in [-0.3, -0.25) is 9.59 Å². The van der Waals surface area contributed by atoms with Gasteiger partial charge in [-0.2, -0.15) is 0 Å². The average Bonchev–Trinajstić information content (AvgIpc) is 3.30. The van der Waals surface area contributed by atoms with E-state index in [-0.39, 0.29) is 17.9 Å². The number of aromatic hydroxyl groups is 2. The van der Waals surface area contributed by atoms with Gasteiger partial charge in [0, 0.05) is 12.8 Å². The zero-order chi connectivity index (χ0) is 26.1. The van der Waals surface area contributed by atoms with Crippen LogP contribution in [0.2, 0.25) is 0 Å². The van der Waals surface area contributed by atoms with Crippen LogP contribution in [0.15, 0.2) is 30.4 Å². The number of carbonyl (C=O) groups is 2. The van der Waals surface area contributed by atoms with Crippen LogP contribution in [0.3, 0.4) is 0 Å². The predicted molar refractivity (Wildman–Crippen MR) is 139 cm³/mol. The zero-order valence-corrected chi connectivity index (χ0v) is 21.3. The maximum Gasteiger partial charge on any atom is 0.323 e. The standard InChI is InChI=1S/C18H32O2.C10H13NO4/c19-18(20)16-10-8-6-4-2-1-3-5-7-9-13-17-14-11-12-15-17;1-10(11,9(14)15)5-6-2-3-7(12)8(13)4-6/h11,14,17H,1-10,12-13,15-16H2,(H,19,20);2-4,12-13H,5,11H2,1H3,(H,14,15). The predicted octanol–water partition coefficient (Wildman–Crippen LogP) is 6.16. The first-order valence-electron chi connectivity index (χ1n) is 13.0. The molecule has 6 N–H and O–H groups in total. The smallest absolute Gasteiger partial charge is 0.323 e. The third-order valence-corrected chi connectivity index (χ3v) is 6.43. The molecule has 0 saturated heterocycles. The molecular weight excluding hydrogens is 446 g/mol. The van der Waals surface area contributed by atoms with E-state index in [0.717, 1.165) is 18.8 Å². The van der Waals surface area contributed by atoms with Gasteiger partial charge in [0.2, 0.25) is 0 Å². The number of aliphatic carboxylic acids is 2. The Bertz CT molecular complexity index is 790. The molecule has 2 rings (SSSR count). The minimum atomic E-state index is -1.39. The average molecular weight is 492 g/mol. The highest BCUT2D eigenvalue weighted by Gasteiger charge is 2.28. The van der Waals surface area contributed by atoms with Crippen molar-refractivity contribution in [3.05, 3.63) is 35.9 Å². The number of carboxylic acid groups (broad SMARTS) is 2. The molecule has 0 fully saturated rings. The van der Waals surface area contributed by atoms with E-state index in [9.17, 15) is 14.7 Å². The van der Waals surface area contributed by atoms with Gasteiger partial charge in [-0.25, -0.2) is 0 Å². The largest absolute Gasteiger partial charge is 0.504 e. The van der Waals surface area contributed by atoms with Crippen molar-refractivity contribution in [2.24, 2.45) is 11.7 Å². The van der Waals surface area contributed by atoms with Crippen LogP contribution < -0.4 is 5.73 Å². The molecule has 0 heterocycles. The van der Waals surface area contributed by atoms with Crippen molar-refractivity contribution in [1.29, 1.82) is 0 Å². The Morgan fingerprint density at radius 1 is 0.914 bits per heavy atom. The number of rotatable bonds is 16. The van der Waals surface area contributed by atoms with E-state index in [0.29, 0.717) is 12.0 Å². The van der Waals surface area contributed by atoms with Gasteiger partial charge in [-0.15, -0.1) is 0 Å². The number of benzene rings is 1. The highest BCUT2D eigenvalue weighted by atomic mass is 16.4. The molecule has 198 valence electrons. The van der Waals surface area contributed by atoms with Gasteiger partial charge < -0.3 is 26.2 Å². The Kier molecular flexibility index (Phi) is 14.8. The van der Waals surface area contributed by atoms with Gasteiger partial charge in [-0.1, -0.05) is 76.0 Å². The van der Waals surface area contributed by atoms with E-state index in [1.165, 1.54) is 95.8 Å². The van der Waals surface area contributed by atoms with Crippen molar-refractivity contribution in [2.75, 3.05) is 0 Å². The molecule has 1 aliphatic carbocycles. The summed E-state index contributed by atoms with van der Waals surface area (Å²) in [5, 5.41) is 35.6. The second-order valence-electron chi connectivity index (χ2n) is 9.96. The molecule has 2 unspecified atom stereocenters. The third kappa shape index (κ3) is 14.5. The lowest BCUT2D eigenvalue weighted by Crippen LogP contribution is -2.46. The Hall–Kier alpha value is -2.54.